The van der Waals surface area contributed by atoms with Gasteiger partial charge in [0.25, 0.3) is 5.91 Å². The molecule has 0 spiro atoms. The van der Waals surface area contributed by atoms with E-state index in [9.17, 15) is 9.18 Å². The number of hydrogen-bond acceptors (Lipinski definition) is 4. The number of carbonyl (C=O) groups excluding carboxylic acids is 1. The van der Waals surface area contributed by atoms with Gasteiger partial charge in [-0.1, -0.05) is 18.2 Å². The van der Waals surface area contributed by atoms with Crippen molar-refractivity contribution in [3.05, 3.63) is 66.0 Å². The summed E-state index contributed by atoms with van der Waals surface area (Å²) in [6.45, 7) is 2.30. The number of anilines is 2. The highest BCUT2D eigenvalue weighted by Crippen LogP contribution is 2.28. The molecule has 0 bridgehead atoms. The van der Waals surface area contributed by atoms with Gasteiger partial charge >= 0.3 is 0 Å². The second-order valence-corrected chi connectivity index (χ2v) is 6.18. The molecule has 0 fully saturated rings. The predicted octanol–water partition coefficient (Wildman–Crippen LogP) is 2.63. The first-order valence-corrected chi connectivity index (χ1v) is 8.34. The Morgan fingerprint density at radius 1 is 1.19 bits per heavy atom. The Bertz CT molecular complexity index is 941. The summed E-state index contributed by atoms with van der Waals surface area (Å²) >= 11 is 0. The number of nitrogen functional groups attached to an aromatic ring is 1. The van der Waals surface area contributed by atoms with Crippen LogP contribution in [0.3, 0.4) is 0 Å². The van der Waals surface area contributed by atoms with Gasteiger partial charge in [0.1, 0.15) is 17.3 Å². The molecule has 1 aliphatic rings. The van der Waals surface area contributed by atoms with Crippen molar-refractivity contribution in [2.45, 2.75) is 13.1 Å². The van der Waals surface area contributed by atoms with Crippen LogP contribution in [0.2, 0.25) is 0 Å². The van der Waals surface area contributed by atoms with Gasteiger partial charge in [-0.15, -0.1) is 0 Å². The number of fused-ring (bicyclic) bond motifs is 1. The third kappa shape index (κ3) is 3.16. The number of hydrogen-bond donors (Lipinski definition) is 3. The molecule has 4 rings (SSSR count). The first-order chi connectivity index (χ1) is 12.6. The maximum atomic E-state index is 13.1. The summed E-state index contributed by atoms with van der Waals surface area (Å²) in [5.74, 6) is 0.236. The third-order valence-corrected chi connectivity index (χ3v) is 4.38. The molecule has 2 aromatic carbocycles. The van der Waals surface area contributed by atoms with E-state index in [4.69, 9.17) is 5.73 Å². The lowest BCUT2D eigenvalue weighted by molar-refractivity contribution is 0.102. The zero-order chi connectivity index (χ0) is 18.1. The summed E-state index contributed by atoms with van der Waals surface area (Å²) in [6, 6.07) is 11.5. The average Bonchev–Trinajstić information content (AvgIpc) is 3.09. The van der Waals surface area contributed by atoms with Crippen molar-refractivity contribution >= 4 is 17.3 Å². The Balaban J connectivity index is 1.59. The Morgan fingerprint density at radius 3 is 2.73 bits per heavy atom. The van der Waals surface area contributed by atoms with Crippen LogP contribution in [-0.4, -0.2) is 22.0 Å². The Labute approximate surface area is 149 Å². The number of aromatic nitrogens is 2. The van der Waals surface area contributed by atoms with E-state index < -0.39 is 0 Å². The summed E-state index contributed by atoms with van der Waals surface area (Å²) in [6.07, 6.45) is 1.76. The molecule has 0 unspecified atom stereocenters. The Hall–Kier alpha value is -3.19. The average molecular weight is 351 g/mol. The molecular weight excluding hydrogens is 333 g/mol. The van der Waals surface area contributed by atoms with Crippen LogP contribution in [0.15, 0.2) is 48.7 Å². The summed E-state index contributed by atoms with van der Waals surface area (Å²) in [5, 5.41) is 6.04. The Kier molecular flexibility index (Phi) is 4.14. The van der Waals surface area contributed by atoms with E-state index in [0.717, 1.165) is 30.0 Å². The van der Waals surface area contributed by atoms with Crippen molar-refractivity contribution in [2.75, 3.05) is 17.6 Å². The highest BCUT2D eigenvalue weighted by molar-refractivity contribution is 6.04. The number of amides is 1. The molecule has 2 heterocycles. The fraction of sp³-hybridized carbons (Fsp3) is 0.158. The summed E-state index contributed by atoms with van der Waals surface area (Å²) in [4.78, 5) is 16.9. The van der Waals surface area contributed by atoms with Crippen LogP contribution >= 0.6 is 0 Å². The maximum absolute atomic E-state index is 13.1. The monoisotopic (exact) mass is 351 g/mol. The number of rotatable bonds is 3. The minimum Gasteiger partial charge on any atom is -0.397 e. The van der Waals surface area contributed by atoms with Gasteiger partial charge in [0.15, 0.2) is 0 Å². The van der Waals surface area contributed by atoms with Crippen molar-refractivity contribution in [3.8, 4) is 11.1 Å². The van der Waals surface area contributed by atoms with Crippen molar-refractivity contribution in [2.24, 2.45) is 0 Å². The maximum Gasteiger partial charge on any atom is 0.275 e. The third-order valence-electron chi connectivity index (χ3n) is 4.38. The lowest BCUT2D eigenvalue weighted by atomic mass is 10.0. The van der Waals surface area contributed by atoms with E-state index in [1.807, 2.05) is 10.6 Å². The van der Waals surface area contributed by atoms with Gasteiger partial charge in [-0.3, -0.25) is 4.79 Å². The quantitative estimate of drug-likeness (QED) is 0.633. The van der Waals surface area contributed by atoms with Crippen LogP contribution in [0.5, 0.6) is 0 Å². The predicted molar refractivity (Wildman–Crippen MR) is 98.1 cm³/mol. The fourth-order valence-corrected chi connectivity index (χ4v) is 2.97. The minimum atomic E-state index is -0.310. The van der Waals surface area contributed by atoms with E-state index in [0.29, 0.717) is 23.6 Å². The summed E-state index contributed by atoms with van der Waals surface area (Å²) < 4.78 is 15.1. The number of nitrogens with one attached hydrogen (secondary N) is 2. The largest absolute Gasteiger partial charge is 0.397 e. The van der Waals surface area contributed by atoms with Gasteiger partial charge in [0.2, 0.25) is 0 Å². The minimum absolute atomic E-state index is 0.295. The van der Waals surface area contributed by atoms with Crippen LogP contribution in [-0.2, 0) is 13.1 Å². The molecule has 26 heavy (non-hydrogen) atoms. The van der Waals surface area contributed by atoms with Gasteiger partial charge in [-0.25, -0.2) is 9.37 Å². The zero-order valence-electron chi connectivity index (χ0n) is 14.0. The molecule has 7 heteroatoms. The Morgan fingerprint density at radius 2 is 1.96 bits per heavy atom. The van der Waals surface area contributed by atoms with E-state index in [1.54, 1.807) is 30.5 Å². The van der Waals surface area contributed by atoms with Crippen molar-refractivity contribution < 1.29 is 9.18 Å². The number of halogens is 1. The lowest BCUT2D eigenvalue weighted by Crippen LogP contribution is -2.27. The van der Waals surface area contributed by atoms with Crippen LogP contribution in [0, 0.1) is 5.82 Å². The summed E-state index contributed by atoms with van der Waals surface area (Å²) in [7, 11) is 0. The van der Waals surface area contributed by atoms with Crippen molar-refractivity contribution in [1.29, 1.82) is 0 Å². The van der Waals surface area contributed by atoms with Gasteiger partial charge in [0.05, 0.1) is 17.9 Å². The van der Waals surface area contributed by atoms with Gasteiger partial charge < -0.3 is 20.9 Å². The molecule has 0 saturated heterocycles. The first kappa shape index (κ1) is 16.3. The molecule has 1 aliphatic heterocycles. The SMILES string of the molecule is Nc1ccc(-c2ccc(F)cc2)cc1NC(=O)c1cn2c(n1)CNCC2. The molecule has 0 saturated carbocycles. The van der Waals surface area contributed by atoms with E-state index in [1.165, 1.54) is 12.1 Å². The number of carbonyl (C=O) groups is 1. The smallest absolute Gasteiger partial charge is 0.275 e. The number of benzene rings is 2. The number of nitrogens with two attached hydrogens (primary N) is 1. The van der Waals surface area contributed by atoms with E-state index >= 15 is 0 Å². The topological polar surface area (TPSA) is 85.0 Å². The molecule has 3 aromatic rings. The molecular formula is C19H18FN5O. The lowest BCUT2D eigenvalue weighted by Gasteiger charge is -2.13. The highest BCUT2D eigenvalue weighted by Gasteiger charge is 2.17. The van der Waals surface area contributed by atoms with E-state index in [-0.39, 0.29) is 11.7 Å². The van der Waals surface area contributed by atoms with E-state index in [2.05, 4.69) is 15.6 Å². The molecule has 1 aromatic heterocycles. The molecule has 6 nitrogen and oxygen atoms in total. The normalized spacial score (nSPS) is 13.3. The fourth-order valence-electron chi connectivity index (χ4n) is 2.97. The number of nitrogens with zero attached hydrogens (tertiary/aromatic N) is 2. The van der Waals surface area contributed by atoms with Crippen LogP contribution in [0.1, 0.15) is 16.3 Å². The molecule has 132 valence electrons. The molecule has 0 aliphatic carbocycles. The molecule has 0 radical (unpaired) electrons. The van der Waals surface area contributed by atoms with Gasteiger partial charge in [0, 0.05) is 19.3 Å². The second kappa shape index (κ2) is 6.61. The standard InChI is InChI=1S/C19H18FN5O/c20-14-4-1-12(2-5-14)13-3-6-15(21)16(9-13)24-19(26)17-11-25-8-7-22-10-18(25)23-17/h1-6,9,11,22H,7-8,10,21H2,(H,24,26). The van der Waals surface area contributed by atoms with Gasteiger partial charge in [-0.2, -0.15) is 0 Å². The second-order valence-electron chi connectivity index (χ2n) is 6.18. The highest BCUT2D eigenvalue weighted by atomic mass is 19.1. The van der Waals surface area contributed by atoms with Crippen LogP contribution in [0.25, 0.3) is 11.1 Å². The zero-order valence-corrected chi connectivity index (χ0v) is 14.0. The van der Waals surface area contributed by atoms with Gasteiger partial charge in [-0.05, 0) is 35.4 Å². The first-order valence-electron chi connectivity index (χ1n) is 8.34. The molecule has 1 amide bonds. The van der Waals surface area contributed by atoms with Crippen molar-refractivity contribution in [3.63, 3.8) is 0 Å². The number of imidazole rings is 1. The van der Waals surface area contributed by atoms with Crippen molar-refractivity contribution in [1.82, 2.24) is 14.9 Å². The summed E-state index contributed by atoms with van der Waals surface area (Å²) in [5.41, 5.74) is 8.99. The molecule has 4 N–H and O–H groups in total. The van der Waals surface area contributed by atoms with Crippen LogP contribution in [0.4, 0.5) is 15.8 Å². The van der Waals surface area contributed by atoms with Crippen LogP contribution < -0.4 is 16.4 Å². The molecule has 0 atom stereocenters.